The van der Waals surface area contributed by atoms with Gasteiger partial charge in [-0.15, -0.1) is 0 Å². The van der Waals surface area contributed by atoms with Gasteiger partial charge in [0.25, 0.3) is 14.9 Å². The first-order valence-electron chi connectivity index (χ1n) is 13.5. The van der Waals surface area contributed by atoms with Gasteiger partial charge < -0.3 is 48.9 Å². The second kappa shape index (κ2) is 10.3. The highest BCUT2D eigenvalue weighted by atomic mass is 31.2. The molecule has 0 spiro atoms. The molecular formula is C22H23B2N9O10P2. The smallest absolute Gasteiger partial charge is 0.264 e. The number of hydrogen-bond acceptors (Lipinski definition) is 17. The van der Waals surface area contributed by atoms with Crippen LogP contribution in [0.15, 0.2) is 31.2 Å². The van der Waals surface area contributed by atoms with Crippen LogP contribution < -0.4 is 11.5 Å². The van der Waals surface area contributed by atoms with E-state index >= 15 is 0 Å². The lowest BCUT2D eigenvalue weighted by molar-refractivity contribution is -0.183. The number of aromatic nitrogens is 7. The lowest BCUT2D eigenvalue weighted by Gasteiger charge is -2.34. The molecule has 4 aliphatic rings. The molecule has 4 aliphatic heterocycles. The van der Waals surface area contributed by atoms with Gasteiger partial charge in [-0.2, -0.15) is 0 Å². The number of nitrogens with zero attached hydrogens (tertiary/aromatic N) is 7. The molecule has 8 rings (SSSR count). The highest BCUT2D eigenvalue weighted by molar-refractivity contribution is 7.79. The third-order valence-electron chi connectivity index (χ3n) is 8.15. The monoisotopic (exact) mass is 657 g/mol. The number of nitrogen functional groups attached to an aromatic ring is 2. The maximum atomic E-state index is 13.5. The first kappa shape index (κ1) is 29.4. The van der Waals surface area contributed by atoms with Crippen molar-refractivity contribution in [1.29, 1.82) is 0 Å². The lowest BCUT2D eigenvalue weighted by atomic mass is 10.0. The van der Waals surface area contributed by atoms with E-state index < -0.39 is 76.7 Å². The summed E-state index contributed by atoms with van der Waals surface area (Å²) in [5.41, 5.74) is 12.1. The quantitative estimate of drug-likeness (QED) is 0.185. The topological polar surface area (TPSA) is 245 Å². The number of pyridine rings is 1. The largest absolute Gasteiger partial charge is 0.397 e. The molecule has 0 aromatic carbocycles. The van der Waals surface area contributed by atoms with E-state index in [4.69, 9.17) is 58.9 Å². The summed E-state index contributed by atoms with van der Waals surface area (Å²) in [5.74, 6) is 0.145. The van der Waals surface area contributed by atoms with Crippen molar-refractivity contribution in [3.05, 3.63) is 31.2 Å². The maximum Gasteiger partial charge on any atom is 0.264 e. The van der Waals surface area contributed by atoms with Crippen molar-refractivity contribution in [2.75, 3.05) is 31.3 Å². The van der Waals surface area contributed by atoms with Gasteiger partial charge in [0.1, 0.15) is 53.5 Å². The van der Waals surface area contributed by atoms with E-state index in [1.54, 1.807) is 6.07 Å². The fraction of sp³-hybridized carbons (Fsp3) is 0.500. The van der Waals surface area contributed by atoms with Crippen LogP contribution >= 0.6 is 14.9 Å². The Hall–Kier alpha value is -2.96. The number of hydrogen-bond donors (Lipinski definition) is 3. The van der Waals surface area contributed by atoms with Crippen molar-refractivity contribution in [3.63, 3.8) is 0 Å². The summed E-state index contributed by atoms with van der Waals surface area (Å²) in [6.07, 6.45) is -2.86. The molecular weight excluding hydrogens is 634 g/mol. The summed E-state index contributed by atoms with van der Waals surface area (Å²) in [7, 11) is 3.24. The second-order valence-corrected chi connectivity index (χ2v) is 14.1. The van der Waals surface area contributed by atoms with Crippen molar-refractivity contribution in [2.45, 2.75) is 48.6 Å². The minimum atomic E-state index is -4.45. The molecule has 4 fully saturated rings. The predicted octanol–water partition coefficient (Wildman–Crippen LogP) is -0.269. The van der Waals surface area contributed by atoms with Crippen LogP contribution in [-0.4, -0.2) is 110 Å². The number of aliphatic hydroxyl groups excluding tert-OH is 1. The first-order chi connectivity index (χ1) is 21.5. The van der Waals surface area contributed by atoms with Crippen molar-refractivity contribution in [1.82, 2.24) is 34.1 Å². The van der Waals surface area contributed by atoms with Crippen molar-refractivity contribution in [2.24, 2.45) is 0 Å². The van der Waals surface area contributed by atoms with Gasteiger partial charge in [0.05, 0.1) is 38.2 Å². The van der Waals surface area contributed by atoms with E-state index in [1.807, 2.05) is 0 Å². The Labute approximate surface area is 255 Å². The molecule has 0 amide bonds. The number of ether oxygens (including phenoxy) is 3. The van der Waals surface area contributed by atoms with Gasteiger partial charge in [0.2, 0.25) is 15.1 Å². The van der Waals surface area contributed by atoms with E-state index in [-0.39, 0.29) is 12.4 Å². The Morgan fingerprint density at radius 3 is 2.47 bits per heavy atom. The minimum Gasteiger partial charge on any atom is -0.397 e. The van der Waals surface area contributed by atoms with Crippen LogP contribution in [-0.2, 0) is 41.4 Å². The molecule has 4 unspecified atom stereocenters. The Morgan fingerprint density at radius 2 is 1.64 bits per heavy atom. The molecule has 4 aromatic heterocycles. The molecule has 19 nitrogen and oxygen atoms in total. The van der Waals surface area contributed by atoms with Crippen molar-refractivity contribution >= 4 is 63.9 Å². The van der Waals surface area contributed by atoms with Gasteiger partial charge in [0, 0.05) is 6.20 Å². The highest BCUT2D eigenvalue weighted by Gasteiger charge is 2.65. The van der Waals surface area contributed by atoms with E-state index in [0.29, 0.717) is 28.0 Å². The first-order valence-corrected chi connectivity index (χ1v) is 16.7. The number of anilines is 2. The zero-order valence-electron chi connectivity index (χ0n) is 23.0. The fourth-order valence-electron chi connectivity index (χ4n) is 6.05. The zero-order chi connectivity index (χ0) is 31.3. The minimum absolute atomic E-state index is 0.145. The molecule has 4 radical (unpaired) electrons. The summed E-state index contributed by atoms with van der Waals surface area (Å²) in [4.78, 5) is 20.9. The standard InChI is InChI=1S/C22H23B2N9O10P2/c23-44(35)38-3-10-14(13(34)20(40-10)32-7-30-11-9(25)1-2-27-18(11)32)42-45(24,36)39-5-22-4-37-15(16(22)43-44)21(41-22)33-8-31-12-17(26)28-6-29-19(12)33/h1-2,6-8,10,13-16,20-21,34H,3-5H2,(H2,25,27)(H2,26,28,29)/t10-,13+,14?,15?,16-,20-,21-,22-,44?,45?/m1/s1. The zero-order valence-corrected chi connectivity index (χ0v) is 24.8. The van der Waals surface area contributed by atoms with Crippen molar-refractivity contribution in [3.8, 4) is 0 Å². The number of imidazole rings is 2. The molecule has 232 valence electrons. The average molecular weight is 657 g/mol. The fourth-order valence-corrected chi connectivity index (χ4v) is 8.15. The summed E-state index contributed by atoms with van der Waals surface area (Å²) in [5, 5.41) is 11.3. The van der Waals surface area contributed by atoms with E-state index in [1.165, 1.54) is 34.3 Å². The number of nitrogens with two attached hydrogens (primary N) is 2. The summed E-state index contributed by atoms with van der Waals surface area (Å²) in [6.45, 7) is -1.20. The molecule has 0 aliphatic carbocycles. The predicted molar refractivity (Wildman–Crippen MR) is 153 cm³/mol. The molecule has 8 heterocycles. The molecule has 2 bridgehead atoms. The summed E-state index contributed by atoms with van der Waals surface area (Å²) >= 11 is 0. The molecule has 4 aromatic rings. The molecule has 23 heteroatoms. The van der Waals surface area contributed by atoms with E-state index in [2.05, 4.69) is 24.9 Å². The van der Waals surface area contributed by atoms with Crippen LogP contribution in [0.25, 0.3) is 22.3 Å². The van der Waals surface area contributed by atoms with Gasteiger partial charge in [-0.25, -0.2) is 24.9 Å². The third-order valence-corrected chi connectivity index (χ3v) is 10.2. The number of aliphatic hydroxyl groups is 1. The van der Waals surface area contributed by atoms with E-state index in [9.17, 15) is 14.2 Å². The van der Waals surface area contributed by atoms with Gasteiger partial charge >= 0.3 is 0 Å². The number of rotatable bonds is 2. The Balaban J connectivity index is 1.10. The normalized spacial score (nSPS) is 40.2. The van der Waals surface area contributed by atoms with Crippen LogP contribution in [0.5, 0.6) is 0 Å². The van der Waals surface area contributed by atoms with E-state index in [0.717, 1.165) is 0 Å². The number of fused-ring (bicyclic) bond motifs is 3. The summed E-state index contributed by atoms with van der Waals surface area (Å²) in [6, 6.07) is 1.57. The molecule has 45 heavy (non-hydrogen) atoms. The SMILES string of the molecule is [B]P1(=O)OC[C@@]23COC([C@H](n4cnc5c(N)ncnc54)O2)[C@H]3OP([B])(=O)OC[C@H]2O[C@@H](n3cnc4c(N)ccnc43)[C@@H](O)C2O1. The van der Waals surface area contributed by atoms with Gasteiger partial charge in [-0.3, -0.25) is 18.3 Å². The van der Waals surface area contributed by atoms with Crippen LogP contribution in [0.3, 0.4) is 0 Å². The molecule has 4 saturated heterocycles. The highest BCUT2D eigenvalue weighted by Crippen LogP contribution is 2.58. The van der Waals surface area contributed by atoms with Crippen LogP contribution in [0.4, 0.5) is 11.5 Å². The van der Waals surface area contributed by atoms with Crippen LogP contribution in [0, 0.1) is 0 Å². The molecule has 10 atom stereocenters. The second-order valence-electron chi connectivity index (χ2n) is 11.0. The molecule has 0 saturated carbocycles. The lowest BCUT2D eigenvalue weighted by Crippen LogP contribution is -2.46. The van der Waals surface area contributed by atoms with Gasteiger partial charge in [-0.05, 0) is 6.07 Å². The maximum absolute atomic E-state index is 13.5. The third kappa shape index (κ3) is 4.73. The van der Waals surface area contributed by atoms with Crippen LogP contribution in [0.1, 0.15) is 12.5 Å². The molecule has 5 N–H and O–H groups in total. The van der Waals surface area contributed by atoms with Gasteiger partial charge in [0.15, 0.2) is 29.6 Å². The van der Waals surface area contributed by atoms with Crippen LogP contribution in [0.2, 0.25) is 0 Å². The van der Waals surface area contributed by atoms with Crippen molar-refractivity contribution < 1.29 is 46.5 Å². The summed E-state index contributed by atoms with van der Waals surface area (Å²) < 4.78 is 71.0. The Bertz CT molecular complexity index is 1920. The van der Waals surface area contributed by atoms with Gasteiger partial charge in [-0.1, -0.05) is 0 Å². The average Bonchev–Trinajstić information content (AvgIpc) is 3.80. The Morgan fingerprint density at radius 1 is 0.911 bits per heavy atom. The Kier molecular flexibility index (Phi) is 6.72.